The lowest BCUT2D eigenvalue weighted by atomic mass is 10.3. The van der Waals surface area contributed by atoms with Crippen LogP contribution in [0.1, 0.15) is 0 Å². The Labute approximate surface area is 72.6 Å². The van der Waals surface area contributed by atoms with E-state index in [4.69, 9.17) is 0 Å². The SMILES string of the molecule is O=c1[nH][nH]n(-c2ccccc2)c1=O. The van der Waals surface area contributed by atoms with Crippen molar-refractivity contribution in [1.82, 2.24) is 15.0 Å². The molecule has 13 heavy (non-hydrogen) atoms. The molecule has 0 radical (unpaired) electrons. The minimum atomic E-state index is -0.649. The predicted octanol–water partition coefficient (Wildman–Crippen LogP) is -0.146. The zero-order valence-electron chi connectivity index (χ0n) is 6.65. The number of para-hydroxylation sites is 1. The molecule has 2 N–H and O–H groups in total. The normalized spacial score (nSPS) is 10.2. The standard InChI is InChI=1S/C8H7N3O2/c12-7-8(13)11(10-9-7)6-4-2-1-3-5-6/h1-5,10H,(H,9,12). The van der Waals surface area contributed by atoms with Crippen LogP contribution in [0.25, 0.3) is 5.69 Å². The Morgan fingerprint density at radius 3 is 2.31 bits per heavy atom. The second-order valence-electron chi connectivity index (χ2n) is 2.54. The number of benzene rings is 1. The highest BCUT2D eigenvalue weighted by Crippen LogP contribution is 1.99. The van der Waals surface area contributed by atoms with E-state index in [-0.39, 0.29) is 0 Å². The van der Waals surface area contributed by atoms with Crippen molar-refractivity contribution in [1.29, 1.82) is 0 Å². The van der Waals surface area contributed by atoms with Crippen LogP contribution < -0.4 is 11.1 Å². The molecule has 0 bridgehead atoms. The number of hydrogen-bond donors (Lipinski definition) is 2. The summed E-state index contributed by atoms with van der Waals surface area (Å²) in [6, 6.07) is 8.86. The molecule has 0 saturated heterocycles. The first-order valence-electron chi connectivity index (χ1n) is 3.74. The van der Waals surface area contributed by atoms with Gasteiger partial charge in [0, 0.05) is 0 Å². The molecule has 1 aromatic heterocycles. The summed E-state index contributed by atoms with van der Waals surface area (Å²) in [6.45, 7) is 0. The van der Waals surface area contributed by atoms with Gasteiger partial charge in [0.2, 0.25) is 0 Å². The van der Waals surface area contributed by atoms with Crippen LogP contribution in [-0.4, -0.2) is 15.0 Å². The average molecular weight is 177 g/mol. The maximum atomic E-state index is 11.2. The Morgan fingerprint density at radius 1 is 1.08 bits per heavy atom. The molecule has 0 aliphatic rings. The van der Waals surface area contributed by atoms with E-state index in [0.717, 1.165) is 4.68 Å². The lowest BCUT2D eigenvalue weighted by molar-refractivity contribution is 0.785. The third-order valence-corrected chi connectivity index (χ3v) is 1.69. The lowest BCUT2D eigenvalue weighted by Crippen LogP contribution is -2.26. The molecule has 1 heterocycles. The molecule has 5 nitrogen and oxygen atoms in total. The summed E-state index contributed by atoms with van der Waals surface area (Å²) in [5.41, 5.74) is -0.624. The van der Waals surface area contributed by atoms with Gasteiger partial charge in [-0.1, -0.05) is 18.2 Å². The lowest BCUT2D eigenvalue weighted by Gasteiger charge is -1.97. The van der Waals surface area contributed by atoms with E-state index in [2.05, 4.69) is 10.3 Å². The van der Waals surface area contributed by atoms with Crippen molar-refractivity contribution in [2.75, 3.05) is 0 Å². The fraction of sp³-hybridized carbons (Fsp3) is 0. The predicted molar refractivity (Wildman–Crippen MR) is 47.0 cm³/mol. The third-order valence-electron chi connectivity index (χ3n) is 1.69. The van der Waals surface area contributed by atoms with E-state index in [0.29, 0.717) is 5.69 Å². The van der Waals surface area contributed by atoms with E-state index >= 15 is 0 Å². The van der Waals surface area contributed by atoms with Gasteiger partial charge in [0.1, 0.15) is 0 Å². The first-order valence-corrected chi connectivity index (χ1v) is 3.74. The molecule has 0 atom stereocenters. The molecular formula is C8H7N3O2. The Kier molecular flexibility index (Phi) is 1.63. The Balaban J connectivity index is 2.67. The highest BCUT2D eigenvalue weighted by atomic mass is 16.2. The molecule has 5 heteroatoms. The van der Waals surface area contributed by atoms with E-state index in [1.165, 1.54) is 0 Å². The van der Waals surface area contributed by atoms with Crippen LogP contribution in [0.15, 0.2) is 39.9 Å². The maximum Gasteiger partial charge on any atom is 0.337 e. The topological polar surface area (TPSA) is 70.7 Å². The van der Waals surface area contributed by atoms with Gasteiger partial charge in [0.05, 0.1) is 5.69 Å². The number of nitrogens with zero attached hydrogens (tertiary/aromatic N) is 1. The van der Waals surface area contributed by atoms with Crippen molar-refractivity contribution in [2.45, 2.75) is 0 Å². The minimum absolute atomic E-state index is 0.605. The summed E-state index contributed by atoms with van der Waals surface area (Å²) in [4.78, 5) is 22.0. The van der Waals surface area contributed by atoms with Gasteiger partial charge in [-0.3, -0.25) is 9.59 Å². The number of rotatable bonds is 1. The molecule has 0 aliphatic carbocycles. The van der Waals surface area contributed by atoms with Crippen molar-refractivity contribution in [3.05, 3.63) is 51.0 Å². The summed E-state index contributed by atoms with van der Waals surface area (Å²) < 4.78 is 1.16. The van der Waals surface area contributed by atoms with Crippen molar-refractivity contribution in [2.24, 2.45) is 0 Å². The number of H-pyrrole nitrogens is 2. The van der Waals surface area contributed by atoms with Crippen LogP contribution >= 0.6 is 0 Å². The summed E-state index contributed by atoms with van der Waals surface area (Å²) in [6.07, 6.45) is 0. The van der Waals surface area contributed by atoms with Crippen molar-refractivity contribution in [3.63, 3.8) is 0 Å². The molecular weight excluding hydrogens is 170 g/mol. The largest absolute Gasteiger partial charge is 0.337 e. The Hall–Kier alpha value is -2.04. The van der Waals surface area contributed by atoms with Crippen LogP contribution in [-0.2, 0) is 0 Å². The first-order chi connectivity index (χ1) is 6.29. The second kappa shape index (κ2) is 2.78. The molecule has 0 fully saturated rings. The molecule has 66 valence electrons. The van der Waals surface area contributed by atoms with E-state index in [1.807, 2.05) is 6.07 Å². The highest BCUT2D eigenvalue weighted by Gasteiger charge is 2.02. The summed E-state index contributed by atoms with van der Waals surface area (Å²) in [5.74, 6) is 0. The van der Waals surface area contributed by atoms with Gasteiger partial charge in [-0.25, -0.2) is 15.0 Å². The number of aromatic amines is 2. The minimum Gasteiger partial charge on any atom is -0.262 e. The number of aromatic nitrogens is 3. The second-order valence-corrected chi connectivity index (χ2v) is 2.54. The van der Waals surface area contributed by atoms with Gasteiger partial charge in [-0.2, -0.15) is 0 Å². The Bertz CT molecular complexity index is 506. The van der Waals surface area contributed by atoms with E-state index in [9.17, 15) is 9.59 Å². The molecule has 2 aromatic rings. The van der Waals surface area contributed by atoms with E-state index in [1.54, 1.807) is 24.3 Å². The van der Waals surface area contributed by atoms with Gasteiger partial charge >= 0.3 is 11.1 Å². The van der Waals surface area contributed by atoms with Crippen LogP contribution in [0.2, 0.25) is 0 Å². The molecule has 0 saturated carbocycles. The van der Waals surface area contributed by atoms with Crippen LogP contribution in [0.5, 0.6) is 0 Å². The van der Waals surface area contributed by atoms with Crippen molar-refractivity contribution in [3.8, 4) is 5.69 Å². The summed E-state index contributed by atoms with van der Waals surface area (Å²) in [5, 5.41) is 4.66. The van der Waals surface area contributed by atoms with Crippen LogP contribution in [0.3, 0.4) is 0 Å². The quantitative estimate of drug-likeness (QED) is 0.595. The molecule has 0 amide bonds. The average Bonchev–Trinajstić information content (AvgIpc) is 2.49. The monoisotopic (exact) mass is 177 g/mol. The van der Waals surface area contributed by atoms with Gasteiger partial charge in [-0.05, 0) is 12.1 Å². The van der Waals surface area contributed by atoms with Gasteiger partial charge < -0.3 is 0 Å². The molecule has 2 rings (SSSR count). The smallest absolute Gasteiger partial charge is 0.262 e. The van der Waals surface area contributed by atoms with Crippen LogP contribution in [0, 0.1) is 0 Å². The number of nitrogens with one attached hydrogen (secondary N) is 2. The summed E-state index contributed by atoms with van der Waals surface area (Å²) in [7, 11) is 0. The first kappa shape index (κ1) is 7.60. The van der Waals surface area contributed by atoms with Crippen molar-refractivity contribution >= 4 is 0 Å². The fourth-order valence-corrected chi connectivity index (χ4v) is 1.07. The summed E-state index contributed by atoms with van der Waals surface area (Å²) >= 11 is 0. The number of hydrogen-bond acceptors (Lipinski definition) is 2. The maximum absolute atomic E-state index is 11.2. The van der Waals surface area contributed by atoms with Gasteiger partial charge in [0.15, 0.2) is 0 Å². The molecule has 0 unspecified atom stereocenters. The van der Waals surface area contributed by atoms with Crippen LogP contribution in [0.4, 0.5) is 0 Å². The zero-order valence-corrected chi connectivity index (χ0v) is 6.65. The zero-order chi connectivity index (χ0) is 9.26. The third kappa shape index (κ3) is 1.20. The molecule has 1 aromatic carbocycles. The molecule has 0 spiro atoms. The fourth-order valence-electron chi connectivity index (χ4n) is 1.07. The van der Waals surface area contributed by atoms with Gasteiger partial charge in [-0.15, -0.1) is 0 Å². The van der Waals surface area contributed by atoms with Gasteiger partial charge in [0.25, 0.3) is 0 Å². The molecule has 0 aliphatic heterocycles. The van der Waals surface area contributed by atoms with Crippen molar-refractivity contribution < 1.29 is 0 Å². The Morgan fingerprint density at radius 2 is 1.77 bits per heavy atom. The highest BCUT2D eigenvalue weighted by molar-refractivity contribution is 5.29. The van der Waals surface area contributed by atoms with E-state index < -0.39 is 11.1 Å².